The summed E-state index contributed by atoms with van der Waals surface area (Å²) in [5, 5.41) is 10.5. The fourth-order valence-electron chi connectivity index (χ4n) is 5.58. The van der Waals surface area contributed by atoms with Crippen molar-refractivity contribution < 1.29 is 102 Å². The van der Waals surface area contributed by atoms with E-state index in [4.69, 9.17) is 16.7 Å². The molecular formula is C42H29ClF8N2O14. The van der Waals surface area contributed by atoms with Crippen LogP contribution in [-0.4, -0.2) is 81.4 Å². The lowest BCUT2D eigenvalue weighted by atomic mass is 10.1. The van der Waals surface area contributed by atoms with Crippen LogP contribution < -0.4 is 38.6 Å². The first kappa shape index (κ1) is 50.0. The van der Waals surface area contributed by atoms with Crippen LogP contribution in [0.15, 0.2) is 91.0 Å². The summed E-state index contributed by atoms with van der Waals surface area (Å²) in [4.78, 5) is 57.3. The van der Waals surface area contributed by atoms with Crippen molar-refractivity contribution in [1.82, 2.24) is 0 Å². The molecule has 0 aromatic heterocycles. The zero-order valence-corrected chi connectivity index (χ0v) is 35.0. The van der Waals surface area contributed by atoms with E-state index in [1.54, 1.807) is 19.2 Å². The number of halogens is 9. The number of alkyl halides is 6. The Morgan fingerprint density at radius 1 is 0.582 bits per heavy atom. The number of amides is 1. The van der Waals surface area contributed by atoms with Gasteiger partial charge < -0.3 is 53.2 Å². The molecule has 16 nitrogen and oxygen atoms in total. The SMILES string of the molecule is CNc1cccc(C(=O)OC)c1F.COC(=O)c1cccc(N(C)C(=O)c2ccc3c(c2)OC(F)(F)O3)c1F.O=C(Cl)c1ccc2c(c1)OC(F)(F)O2.O=C(O)c1ccc2c(c1)OC(F)(F)O2. The standard InChI is InChI=1S/C17H12F3NO5.C9H10FNO2.C8H3ClF2O3.C8H4F2O4/c1-21(11-5-3-4-10(14(11)18)16(23)24-2)15(22)9-6-7-12-13(8-9)26-17(19,20)25-12;1-11-7-5-3-4-6(8(7)10)9(12)13-2;9-7(12)4-1-2-5-6(3-4)14-8(10,11)13-5;9-8(10)13-5-2-1-4(7(11)12)3-6(5)14-8/h3-8H,1-2H3;3-5,11H,1-2H3;1-3H;1-3H,(H,11,12). The summed E-state index contributed by atoms with van der Waals surface area (Å²) in [6.45, 7) is 0. The highest BCUT2D eigenvalue weighted by atomic mass is 35.5. The van der Waals surface area contributed by atoms with Crippen LogP contribution in [0.2, 0.25) is 0 Å². The van der Waals surface area contributed by atoms with E-state index in [9.17, 15) is 59.1 Å². The van der Waals surface area contributed by atoms with Gasteiger partial charge in [-0.2, -0.15) is 0 Å². The maximum absolute atomic E-state index is 14.5. The number of nitrogens with zero attached hydrogens (tertiary/aromatic N) is 1. The van der Waals surface area contributed by atoms with Gasteiger partial charge in [0, 0.05) is 25.2 Å². The Balaban J connectivity index is 0.000000176. The second kappa shape index (κ2) is 20.0. The molecule has 0 saturated heterocycles. The van der Waals surface area contributed by atoms with Gasteiger partial charge in [-0.15, -0.1) is 26.3 Å². The van der Waals surface area contributed by atoms with Gasteiger partial charge in [0.05, 0.1) is 42.3 Å². The third kappa shape index (κ3) is 12.0. The third-order valence-corrected chi connectivity index (χ3v) is 8.87. The fourth-order valence-corrected chi connectivity index (χ4v) is 5.70. The zero-order chi connectivity index (χ0) is 49.6. The van der Waals surface area contributed by atoms with Crippen molar-refractivity contribution in [3.8, 4) is 34.5 Å². The number of carboxylic acid groups (broad SMARTS) is 1. The van der Waals surface area contributed by atoms with Gasteiger partial charge in [-0.1, -0.05) is 12.1 Å². The van der Waals surface area contributed by atoms with Crippen molar-refractivity contribution >= 4 is 52.0 Å². The number of carbonyl (C=O) groups is 5. The van der Waals surface area contributed by atoms with Crippen molar-refractivity contribution in [2.24, 2.45) is 0 Å². The van der Waals surface area contributed by atoms with Crippen molar-refractivity contribution in [2.45, 2.75) is 18.9 Å². The Bertz CT molecular complexity index is 2670. The van der Waals surface area contributed by atoms with E-state index >= 15 is 0 Å². The minimum Gasteiger partial charge on any atom is -0.478 e. The lowest BCUT2D eigenvalue weighted by Crippen LogP contribution is -2.27. The van der Waals surface area contributed by atoms with Gasteiger partial charge in [-0.25, -0.2) is 23.2 Å². The van der Waals surface area contributed by atoms with E-state index in [0.717, 1.165) is 48.4 Å². The molecule has 67 heavy (non-hydrogen) atoms. The lowest BCUT2D eigenvalue weighted by Gasteiger charge is -2.19. The summed E-state index contributed by atoms with van der Waals surface area (Å²) in [6, 6.07) is 18.7. The van der Waals surface area contributed by atoms with Crippen LogP contribution in [0.25, 0.3) is 0 Å². The van der Waals surface area contributed by atoms with Gasteiger partial charge >= 0.3 is 36.8 Å². The smallest absolute Gasteiger partial charge is 0.478 e. The van der Waals surface area contributed by atoms with Gasteiger partial charge in [-0.3, -0.25) is 9.59 Å². The number of esters is 2. The van der Waals surface area contributed by atoms with Gasteiger partial charge in [0.15, 0.2) is 46.1 Å². The van der Waals surface area contributed by atoms with Crippen LogP contribution in [0.1, 0.15) is 51.8 Å². The van der Waals surface area contributed by atoms with Crippen LogP contribution in [0.5, 0.6) is 34.5 Å². The number of anilines is 2. The molecule has 354 valence electrons. The molecule has 0 aliphatic carbocycles. The topological polar surface area (TPSA) is 195 Å². The maximum Gasteiger partial charge on any atom is 0.586 e. The molecule has 5 aromatic rings. The predicted octanol–water partition coefficient (Wildman–Crippen LogP) is 8.96. The zero-order valence-electron chi connectivity index (χ0n) is 34.3. The van der Waals surface area contributed by atoms with Crippen molar-refractivity contribution in [3.63, 3.8) is 0 Å². The summed E-state index contributed by atoms with van der Waals surface area (Å²) >= 11 is 5.15. The van der Waals surface area contributed by atoms with E-state index in [1.165, 1.54) is 56.6 Å². The van der Waals surface area contributed by atoms with E-state index in [1.807, 2.05) is 0 Å². The van der Waals surface area contributed by atoms with Crippen LogP contribution in [0, 0.1) is 11.6 Å². The highest BCUT2D eigenvalue weighted by Crippen LogP contribution is 2.43. The second-order valence-corrected chi connectivity index (χ2v) is 13.3. The Morgan fingerprint density at radius 3 is 1.40 bits per heavy atom. The van der Waals surface area contributed by atoms with Gasteiger partial charge in [0.1, 0.15) is 0 Å². The molecule has 0 spiro atoms. The molecule has 0 fully saturated rings. The molecule has 8 rings (SSSR count). The van der Waals surface area contributed by atoms with E-state index in [0.29, 0.717) is 0 Å². The molecule has 5 aromatic carbocycles. The highest BCUT2D eigenvalue weighted by Gasteiger charge is 2.45. The van der Waals surface area contributed by atoms with Gasteiger partial charge in [0.25, 0.3) is 11.1 Å². The molecule has 3 heterocycles. The fraction of sp³-hybridized carbons (Fsp3) is 0.167. The maximum atomic E-state index is 14.5. The van der Waals surface area contributed by atoms with Crippen LogP contribution in [0.4, 0.5) is 46.5 Å². The van der Waals surface area contributed by atoms with Crippen molar-refractivity contribution in [1.29, 1.82) is 0 Å². The molecule has 3 aliphatic heterocycles. The average molecular weight is 973 g/mol. The normalized spacial score (nSPS) is 14.3. The summed E-state index contributed by atoms with van der Waals surface area (Å²) in [7, 11) is 5.18. The first-order valence-electron chi connectivity index (χ1n) is 18.2. The highest BCUT2D eigenvalue weighted by molar-refractivity contribution is 6.67. The van der Waals surface area contributed by atoms with Gasteiger partial charge in [0.2, 0.25) is 0 Å². The quantitative estimate of drug-likeness (QED) is 0.0891. The monoisotopic (exact) mass is 972 g/mol. The van der Waals surface area contributed by atoms with Crippen molar-refractivity contribution in [3.05, 3.63) is 130 Å². The molecule has 0 unspecified atom stereocenters. The summed E-state index contributed by atoms with van der Waals surface area (Å²) in [5.74, 6) is -6.28. The summed E-state index contributed by atoms with van der Waals surface area (Å²) in [6.07, 6.45) is -11.2. The van der Waals surface area contributed by atoms with E-state index in [2.05, 4.69) is 43.2 Å². The number of methoxy groups -OCH3 is 2. The average Bonchev–Trinajstić information content (AvgIpc) is 3.90. The minimum atomic E-state index is -3.81. The Labute approximate surface area is 375 Å². The first-order chi connectivity index (χ1) is 31.4. The number of rotatable bonds is 7. The number of nitrogens with one attached hydrogen (secondary N) is 1. The number of benzene rings is 5. The number of fused-ring (bicyclic) bond motifs is 3. The number of carboxylic acids is 1. The number of aromatic carboxylic acids is 1. The molecule has 0 radical (unpaired) electrons. The molecule has 0 bridgehead atoms. The predicted molar refractivity (Wildman–Crippen MR) is 213 cm³/mol. The molecule has 0 atom stereocenters. The number of hydrogen-bond acceptors (Lipinski definition) is 14. The Hall–Kier alpha value is -8.02. The lowest BCUT2D eigenvalue weighted by molar-refractivity contribution is -0.287. The molecule has 25 heteroatoms. The van der Waals surface area contributed by atoms with E-state index in [-0.39, 0.29) is 73.7 Å². The third-order valence-electron chi connectivity index (χ3n) is 8.65. The largest absolute Gasteiger partial charge is 0.586 e. The number of carbonyl (C=O) groups excluding carboxylic acids is 4. The summed E-state index contributed by atoms with van der Waals surface area (Å²) < 4.78 is 138. The van der Waals surface area contributed by atoms with E-state index < -0.39 is 59.6 Å². The minimum absolute atomic E-state index is 0.0320. The Kier molecular flexibility index (Phi) is 14.9. The van der Waals surface area contributed by atoms with Crippen LogP contribution in [-0.2, 0) is 9.47 Å². The van der Waals surface area contributed by atoms with Crippen LogP contribution in [0.3, 0.4) is 0 Å². The Morgan fingerprint density at radius 2 is 0.970 bits per heavy atom. The molecule has 2 N–H and O–H groups in total. The molecular weight excluding hydrogens is 944 g/mol. The molecule has 3 aliphatic rings. The molecule has 0 saturated carbocycles. The van der Waals surface area contributed by atoms with Gasteiger partial charge in [-0.05, 0) is 90.5 Å². The number of ether oxygens (including phenoxy) is 8. The van der Waals surface area contributed by atoms with Crippen molar-refractivity contribution in [2.75, 3.05) is 38.5 Å². The molecule has 1 amide bonds. The number of hydrogen-bond donors (Lipinski definition) is 2. The second-order valence-electron chi connectivity index (χ2n) is 13.0. The first-order valence-corrected chi connectivity index (χ1v) is 18.6. The van der Waals surface area contributed by atoms with Crippen LogP contribution >= 0.6 is 11.6 Å². The summed E-state index contributed by atoms with van der Waals surface area (Å²) in [5.41, 5.74) is -0.389.